The lowest BCUT2D eigenvalue weighted by atomic mass is 10.2. The number of benzene rings is 2. The molecular formula is C13H9BrClF2N. The van der Waals surface area contributed by atoms with Crippen molar-refractivity contribution in [2.45, 2.75) is 6.54 Å². The lowest BCUT2D eigenvalue weighted by molar-refractivity contribution is 0.507. The molecule has 2 rings (SSSR count). The van der Waals surface area contributed by atoms with Crippen molar-refractivity contribution >= 4 is 33.2 Å². The molecule has 0 fully saturated rings. The fourth-order valence-electron chi connectivity index (χ4n) is 1.46. The monoisotopic (exact) mass is 331 g/mol. The molecule has 5 heteroatoms. The largest absolute Gasteiger partial charge is 0.381 e. The Morgan fingerprint density at radius 2 is 1.83 bits per heavy atom. The van der Waals surface area contributed by atoms with Gasteiger partial charge < -0.3 is 5.32 Å². The third-order valence-corrected chi connectivity index (χ3v) is 3.63. The van der Waals surface area contributed by atoms with Crippen LogP contribution in [0.15, 0.2) is 40.9 Å². The van der Waals surface area contributed by atoms with Gasteiger partial charge in [0, 0.05) is 16.7 Å². The van der Waals surface area contributed by atoms with Gasteiger partial charge in [-0.3, -0.25) is 0 Å². The van der Waals surface area contributed by atoms with Gasteiger partial charge in [-0.05, 0) is 51.8 Å². The highest BCUT2D eigenvalue weighted by molar-refractivity contribution is 9.10. The first-order valence-corrected chi connectivity index (χ1v) is 6.36. The minimum Gasteiger partial charge on any atom is -0.381 e. The molecule has 0 spiro atoms. The van der Waals surface area contributed by atoms with Crippen LogP contribution in [0.4, 0.5) is 14.5 Å². The molecule has 0 bridgehead atoms. The van der Waals surface area contributed by atoms with Crippen LogP contribution in [-0.4, -0.2) is 0 Å². The number of hydrogen-bond donors (Lipinski definition) is 1. The SMILES string of the molecule is Fc1ccc(CNc2ccc(Br)c(Cl)c2)cc1F. The Bertz CT molecular complexity index is 523. The van der Waals surface area contributed by atoms with E-state index in [-0.39, 0.29) is 0 Å². The van der Waals surface area contributed by atoms with Crippen molar-refractivity contribution in [3.63, 3.8) is 0 Å². The zero-order chi connectivity index (χ0) is 13.1. The first kappa shape index (κ1) is 13.3. The Balaban J connectivity index is 2.06. The molecule has 1 N–H and O–H groups in total. The second-order valence-corrected chi connectivity index (χ2v) is 4.99. The molecule has 0 saturated heterocycles. The van der Waals surface area contributed by atoms with E-state index in [1.807, 2.05) is 12.1 Å². The maximum atomic E-state index is 13.0. The molecule has 0 atom stereocenters. The van der Waals surface area contributed by atoms with Crippen LogP contribution in [0.25, 0.3) is 0 Å². The van der Waals surface area contributed by atoms with Crippen LogP contribution in [-0.2, 0) is 6.54 Å². The molecule has 2 aromatic rings. The zero-order valence-corrected chi connectivity index (χ0v) is 11.5. The Hall–Kier alpha value is -1.13. The van der Waals surface area contributed by atoms with E-state index in [1.165, 1.54) is 12.1 Å². The van der Waals surface area contributed by atoms with Gasteiger partial charge in [-0.15, -0.1) is 0 Å². The highest BCUT2D eigenvalue weighted by Gasteiger charge is 2.03. The van der Waals surface area contributed by atoms with Crippen LogP contribution in [0.5, 0.6) is 0 Å². The topological polar surface area (TPSA) is 12.0 Å². The van der Waals surface area contributed by atoms with Crippen LogP contribution < -0.4 is 5.32 Å². The molecule has 2 aromatic carbocycles. The number of halogens is 4. The Kier molecular flexibility index (Phi) is 4.19. The summed E-state index contributed by atoms with van der Waals surface area (Å²) in [5.74, 6) is -1.69. The molecular weight excluding hydrogens is 324 g/mol. The van der Waals surface area contributed by atoms with Gasteiger partial charge in [-0.25, -0.2) is 8.78 Å². The van der Waals surface area contributed by atoms with E-state index in [0.717, 1.165) is 16.2 Å². The number of hydrogen-bond acceptors (Lipinski definition) is 1. The quantitative estimate of drug-likeness (QED) is 0.834. The van der Waals surface area contributed by atoms with E-state index in [4.69, 9.17) is 11.6 Å². The van der Waals surface area contributed by atoms with E-state index in [2.05, 4.69) is 21.2 Å². The molecule has 0 aliphatic heterocycles. The van der Waals surface area contributed by atoms with Gasteiger partial charge in [-0.1, -0.05) is 17.7 Å². The fourth-order valence-corrected chi connectivity index (χ4v) is 1.89. The van der Waals surface area contributed by atoms with E-state index in [9.17, 15) is 8.78 Å². The van der Waals surface area contributed by atoms with Crippen molar-refractivity contribution in [2.75, 3.05) is 5.32 Å². The van der Waals surface area contributed by atoms with Gasteiger partial charge in [0.2, 0.25) is 0 Å². The van der Waals surface area contributed by atoms with Crippen molar-refractivity contribution in [3.05, 3.63) is 63.1 Å². The maximum Gasteiger partial charge on any atom is 0.159 e. The van der Waals surface area contributed by atoms with Crippen LogP contribution >= 0.6 is 27.5 Å². The highest BCUT2D eigenvalue weighted by Crippen LogP contribution is 2.25. The van der Waals surface area contributed by atoms with Crippen LogP contribution in [0, 0.1) is 11.6 Å². The van der Waals surface area contributed by atoms with E-state index < -0.39 is 11.6 Å². The average molecular weight is 333 g/mol. The smallest absolute Gasteiger partial charge is 0.159 e. The summed E-state index contributed by atoms with van der Waals surface area (Å²) in [5.41, 5.74) is 1.47. The molecule has 0 saturated carbocycles. The summed E-state index contributed by atoms with van der Waals surface area (Å²) in [6.45, 7) is 0.398. The van der Waals surface area contributed by atoms with Gasteiger partial charge in [0.15, 0.2) is 11.6 Å². The van der Waals surface area contributed by atoms with Crippen LogP contribution in [0.2, 0.25) is 5.02 Å². The van der Waals surface area contributed by atoms with E-state index >= 15 is 0 Å². The van der Waals surface area contributed by atoms with Gasteiger partial charge in [0.25, 0.3) is 0 Å². The molecule has 0 amide bonds. The van der Waals surface area contributed by atoms with Crippen LogP contribution in [0.3, 0.4) is 0 Å². The molecule has 0 aliphatic rings. The van der Waals surface area contributed by atoms with Crippen LogP contribution in [0.1, 0.15) is 5.56 Å². The van der Waals surface area contributed by atoms with Crippen molar-refractivity contribution in [1.82, 2.24) is 0 Å². The first-order chi connectivity index (χ1) is 8.56. The lowest BCUT2D eigenvalue weighted by Crippen LogP contribution is -2.00. The summed E-state index contributed by atoms with van der Waals surface area (Å²) in [4.78, 5) is 0. The molecule has 94 valence electrons. The summed E-state index contributed by atoms with van der Waals surface area (Å²) in [6, 6.07) is 9.23. The fraction of sp³-hybridized carbons (Fsp3) is 0.0769. The molecule has 1 nitrogen and oxygen atoms in total. The minimum absolute atomic E-state index is 0.398. The lowest BCUT2D eigenvalue weighted by Gasteiger charge is -2.08. The molecule has 0 aliphatic carbocycles. The van der Waals surface area contributed by atoms with Crippen molar-refractivity contribution in [3.8, 4) is 0 Å². The molecule has 0 radical (unpaired) electrons. The maximum absolute atomic E-state index is 13.0. The summed E-state index contributed by atoms with van der Waals surface area (Å²) in [7, 11) is 0. The average Bonchev–Trinajstić information content (AvgIpc) is 2.35. The first-order valence-electron chi connectivity index (χ1n) is 5.19. The summed E-state index contributed by atoms with van der Waals surface area (Å²) >= 11 is 9.24. The Morgan fingerprint density at radius 1 is 1.06 bits per heavy atom. The standard InChI is InChI=1S/C13H9BrClF2N/c14-10-3-2-9(6-11(10)15)18-7-8-1-4-12(16)13(17)5-8/h1-6,18H,7H2. The van der Waals surface area contributed by atoms with E-state index in [0.29, 0.717) is 17.1 Å². The molecule has 0 unspecified atom stereocenters. The normalized spacial score (nSPS) is 10.4. The summed E-state index contributed by atoms with van der Waals surface area (Å²) < 4.78 is 26.5. The second kappa shape index (κ2) is 5.67. The van der Waals surface area contributed by atoms with Gasteiger partial charge >= 0.3 is 0 Å². The van der Waals surface area contributed by atoms with E-state index in [1.54, 1.807) is 6.07 Å². The number of rotatable bonds is 3. The second-order valence-electron chi connectivity index (χ2n) is 3.73. The minimum atomic E-state index is -0.844. The summed E-state index contributed by atoms with van der Waals surface area (Å²) in [5, 5.41) is 3.67. The Labute approximate surface area is 117 Å². The predicted molar refractivity (Wildman–Crippen MR) is 72.8 cm³/mol. The molecule has 18 heavy (non-hydrogen) atoms. The highest BCUT2D eigenvalue weighted by atomic mass is 79.9. The summed E-state index contributed by atoms with van der Waals surface area (Å²) in [6.07, 6.45) is 0. The van der Waals surface area contributed by atoms with Crippen molar-refractivity contribution < 1.29 is 8.78 Å². The number of nitrogens with one attached hydrogen (secondary N) is 1. The third-order valence-electron chi connectivity index (χ3n) is 2.40. The molecule has 0 aromatic heterocycles. The predicted octanol–water partition coefficient (Wildman–Crippen LogP) is 4.99. The van der Waals surface area contributed by atoms with Gasteiger partial charge in [0.1, 0.15) is 0 Å². The third kappa shape index (κ3) is 3.21. The van der Waals surface area contributed by atoms with Gasteiger partial charge in [-0.2, -0.15) is 0 Å². The van der Waals surface area contributed by atoms with Gasteiger partial charge in [0.05, 0.1) is 5.02 Å². The Morgan fingerprint density at radius 3 is 2.50 bits per heavy atom. The number of anilines is 1. The molecule has 0 heterocycles. The van der Waals surface area contributed by atoms with Crippen molar-refractivity contribution in [2.24, 2.45) is 0 Å². The zero-order valence-electron chi connectivity index (χ0n) is 9.18. The van der Waals surface area contributed by atoms with Crippen molar-refractivity contribution in [1.29, 1.82) is 0 Å².